The summed E-state index contributed by atoms with van der Waals surface area (Å²) in [5.74, 6) is -1.22. The van der Waals surface area contributed by atoms with E-state index in [1.165, 1.54) is 19.1 Å². The molecule has 19 heavy (non-hydrogen) atoms. The number of Topliss-reactive ketones (excluding diaryl/α,β-unsaturated/α-hetero) is 1. The first kappa shape index (κ1) is 15.5. The number of ether oxygens (including phenoxy) is 1. The van der Waals surface area contributed by atoms with Gasteiger partial charge < -0.3 is 10.5 Å². The minimum absolute atomic E-state index is 0.0181. The number of rotatable bonds is 4. The highest BCUT2D eigenvalue weighted by Gasteiger charge is 2.21. The van der Waals surface area contributed by atoms with Gasteiger partial charge in [0.15, 0.2) is 5.78 Å². The molecular weight excluding hydrogens is 289 g/mol. The molecule has 0 fully saturated rings. The Bertz CT molecular complexity index is 553. The van der Waals surface area contributed by atoms with Crippen molar-refractivity contribution in [3.8, 4) is 0 Å². The van der Waals surface area contributed by atoms with E-state index in [9.17, 15) is 9.59 Å². The Hall–Kier alpha value is -1.52. The topological polar surface area (TPSA) is 69.4 Å². The van der Waals surface area contributed by atoms with E-state index >= 15 is 0 Å². The monoisotopic (exact) mass is 301 g/mol. The largest absolute Gasteiger partial charge is 0.462 e. The average molecular weight is 302 g/mol. The first-order valence-corrected chi connectivity index (χ1v) is 6.27. The highest BCUT2D eigenvalue weighted by Crippen LogP contribution is 2.26. The minimum Gasteiger partial charge on any atom is -0.462 e. The number of ketones is 1. The Morgan fingerprint density at radius 2 is 1.89 bits per heavy atom. The van der Waals surface area contributed by atoms with Crippen molar-refractivity contribution >= 4 is 40.7 Å². The Balaban J connectivity index is 3.32. The van der Waals surface area contributed by atoms with E-state index in [0.717, 1.165) is 0 Å². The summed E-state index contributed by atoms with van der Waals surface area (Å²) in [6, 6.07) is 4.60. The van der Waals surface area contributed by atoms with E-state index < -0.39 is 11.8 Å². The van der Waals surface area contributed by atoms with Crippen LogP contribution in [0.15, 0.2) is 23.8 Å². The predicted octanol–water partition coefficient (Wildman–Crippen LogP) is 2.82. The Labute approximate surface area is 121 Å². The van der Waals surface area contributed by atoms with E-state index in [1.807, 2.05) is 0 Å². The van der Waals surface area contributed by atoms with Crippen LogP contribution in [0.1, 0.15) is 19.4 Å². The molecule has 0 saturated heterocycles. The third kappa shape index (κ3) is 3.72. The van der Waals surface area contributed by atoms with Crippen LogP contribution in [0.2, 0.25) is 10.0 Å². The van der Waals surface area contributed by atoms with E-state index in [2.05, 4.69) is 0 Å². The highest BCUT2D eigenvalue weighted by atomic mass is 35.5. The molecule has 6 heteroatoms. The van der Waals surface area contributed by atoms with E-state index in [4.69, 9.17) is 33.7 Å². The van der Waals surface area contributed by atoms with Crippen LogP contribution >= 0.6 is 23.2 Å². The van der Waals surface area contributed by atoms with Crippen LogP contribution in [0, 0.1) is 0 Å². The van der Waals surface area contributed by atoms with Gasteiger partial charge in [0.2, 0.25) is 0 Å². The molecular formula is C13H13Cl2NO3. The second kappa shape index (κ2) is 6.59. The minimum atomic E-state index is -0.751. The van der Waals surface area contributed by atoms with Crippen molar-refractivity contribution in [1.29, 1.82) is 0 Å². The molecule has 1 aromatic carbocycles. The van der Waals surface area contributed by atoms with Crippen molar-refractivity contribution in [1.82, 2.24) is 0 Å². The molecule has 0 unspecified atom stereocenters. The number of halogens is 2. The lowest BCUT2D eigenvalue weighted by molar-refractivity contribution is -0.139. The molecule has 102 valence electrons. The standard InChI is InChI=1S/C13H13Cl2NO3/c1-3-19-13(18)11(7(2)17)12(16)8-4-5-9(14)10(15)6-8/h4-6H,3,16H2,1-2H3. The quantitative estimate of drug-likeness (QED) is 0.402. The van der Waals surface area contributed by atoms with E-state index in [1.54, 1.807) is 13.0 Å². The fourth-order valence-corrected chi connectivity index (χ4v) is 1.75. The summed E-state index contributed by atoms with van der Waals surface area (Å²) >= 11 is 11.7. The third-order valence-corrected chi connectivity index (χ3v) is 3.07. The molecule has 0 amide bonds. The zero-order chi connectivity index (χ0) is 14.6. The van der Waals surface area contributed by atoms with Gasteiger partial charge in [-0.2, -0.15) is 0 Å². The van der Waals surface area contributed by atoms with Gasteiger partial charge in [0.1, 0.15) is 5.57 Å². The van der Waals surface area contributed by atoms with Crippen molar-refractivity contribution in [2.75, 3.05) is 6.61 Å². The Kier molecular flexibility index (Phi) is 5.39. The van der Waals surface area contributed by atoms with Crippen LogP contribution < -0.4 is 5.73 Å². The van der Waals surface area contributed by atoms with E-state index in [0.29, 0.717) is 10.6 Å². The number of hydrogen-bond donors (Lipinski definition) is 1. The van der Waals surface area contributed by atoms with Gasteiger partial charge in [-0.1, -0.05) is 29.3 Å². The smallest absolute Gasteiger partial charge is 0.343 e. The van der Waals surface area contributed by atoms with Crippen LogP contribution in [0.3, 0.4) is 0 Å². The highest BCUT2D eigenvalue weighted by molar-refractivity contribution is 6.42. The fraction of sp³-hybridized carbons (Fsp3) is 0.231. The number of hydrogen-bond acceptors (Lipinski definition) is 4. The molecule has 2 N–H and O–H groups in total. The first-order valence-electron chi connectivity index (χ1n) is 5.51. The van der Waals surface area contributed by atoms with Crippen LogP contribution in [0.4, 0.5) is 0 Å². The SMILES string of the molecule is CCOC(=O)C(C(C)=O)=C(N)c1ccc(Cl)c(Cl)c1. The maximum absolute atomic E-state index is 11.7. The van der Waals surface area contributed by atoms with Crippen LogP contribution in [-0.4, -0.2) is 18.4 Å². The third-order valence-electron chi connectivity index (χ3n) is 2.33. The molecule has 4 nitrogen and oxygen atoms in total. The summed E-state index contributed by atoms with van der Waals surface area (Å²) in [7, 11) is 0. The number of benzene rings is 1. The zero-order valence-electron chi connectivity index (χ0n) is 10.5. The molecule has 1 aromatic rings. The second-order valence-electron chi connectivity index (χ2n) is 3.69. The van der Waals surface area contributed by atoms with Crippen molar-refractivity contribution in [3.63, 3.8) is 0 Å². The molecule has 0 atom stereocenters. The maximum Gasteiger partial charge on any atom is 0.343 e. The molecule has 0 aliphatic heterocycles. The van der Waals surface area contributed by atoms with Crippen molar-refractivity contribution < 1.29 is 14.3 Å². The molecule has 0 aliphatic rings. The number of carbonyl (C=O) groups excluding carboxylic acids is 2. The van der Waals surface area contributed by atoms with Gasteiger partial charge in [0.25, 0.3) is 0 Å². The van der Waals surface area contributed by atoms with Crippen LogP contribution in [-0.2, 0) is 14.3 Å². The van der Waals surface area contributed by atoms with Gasteiger partial charge >= 0.3 is 5.97 Å². The first-order chi connectivity index (χ1) is 8.88. The Morgan fingerprint density at radius 3 is 2.37 bits per heavy atom. The summed E-state index contributed by atoms with van der Waals surface area (Å²) in [6.07, 6.45) is 0. The molecule has 0 bridgehead atoms. The van der Waals surface area contributed by atoms with Crippen molar-refractivity contribution in [2.45, 2.75) is 13.8 Å². The van der Waals surface area contributed by atoms with Gasteiger partial charge in [-0.05, 0) is 31.5 Å². The van der Waals surface area contributed by atoms with Crippen LogP contribution in [0.25, 0.3) is 5.70 Å². The normalized spacial score (nSPS) is 11.8. The lowest BCUT2D eigenvalue weighted by Gasteiger charge is -2.09. The lowest BCUT2D eigenvalue weighted by Crippen LogP contribution is -2.18. The summed E-state index contributed by atoms with van der Waals surface area (Å²) < 4.78 is 4.81. The molecule has 0 aromatic heterocycles. The number of esters is 1. The summed E-state index contributed by atoms with van der Waals surface area (Å²) in [5, 5.41) is 0.646. The molecule has 0 aliphatic carbocycles. The van der Waals surface area contributed by atoms with Gasteiger partial charge in [-0.3, -0.25) is 4.79 Å². The zero-order valence-corrected chi connectivity index (χ0v) is 12.0. The maximum atomic E-state index is 11.7. The van der Waals surface area contributed by atoms with Crippen molar-refractivity contribution in [3.05, 3.63) is 39.4 Å². The summed E-state index contributed by atoms with van der Waals surface area (Å²) in [5.41, 5.74) is 6.11. The molecule has 0 heterocycles. The van der Waals surface area contributed by atoms with Gasteiger partial charge in [0.05, 0.1) is 22.3 Å². The molecule has 0 spiro atoms. The average Bonchev–Trinajstić information content (AvgIpc) is 2.32. The molecule has 1 rings (SSSR count). The van der Waals surface area contributed by atoms with Crippen LogP contribution in [0.5, 0.6) is 0 Å². The van der Waals surface area contributed by atoms with Gasteiger partial charge in [0, 0.05) is 0 Å². The molecule has 0 radical (unpaired) electrons. The summed E-state index contributed by atoms with van der Waals surface area (Å²) in [4.78, 5) is 23.2. The lowest BCUT2D eigenvalue weighted by atomic mass is 10.0. The summed E-state index contributed by atoms with van der Waals surface area (Å²) in [6.45, 7) is 3.05. The van der Waals surface area contributed by atoms with E-state index in [-0.39, 0.29) is 22.9 Å². The van der Waals surface area contributed by atoms with Gasteiger partial charge in [-0.15, -0.1) is 0 Å². The fourth-order valence-electron chi connectivity index (χ4n) is 1.45. The Morgan fingerprint density at radius 1 is 1.26 bits per heavy atom. The van der Waals surface area contributed by atoms with Crippen molar-refractivity contribution in [2.24, 2.45) is 5.73 Å². The molecule has 0 saturated carbocycles. The second-order valence-corrected chi connectivity index (χ2v) is 4.51. The van der Waals surface area contributed by atoms with Gasteiger partial charge in [-0.25, -0.2) is 4.79 Å². The predicted molar refractivity (Wildman–Crippen MR) is 74.9 cm³/mol. The number of nitrogens with two attached hydrogens (primary N) is 1. The number of carbonyl (C=O) groups is 2.